The molecular formula is C17H23NO3. The summed E-state index contributed by atoms with van der Waals surface area (Å²) in [6.07, 6.45) is 5.31. The van der Waals surface area contributed by atoms with Gasteiger partial charge in [-0.1, -0.05) is 24.3 Å². The van der Waals surface area contributed by atoms with Crippen molar-refractivity contribution in [3.8, 4) is 0 Å². The third-order valence-corrected chi connectivity index (χ3v) is 4.46. The molecule has 1 aromatic rings. The fourth-order valence-corrected chi connectivity index (χ4v) is 2.99. The second-order valence-corrected chi connectivity index (χ2v) is 6.45. The first kappa shape index (κ1) is 14.5. The van der Waals surface area contributed by atoms with Crippen LogP contribution in [-0.2, 0) is 16.0 Å². The van der Waals surface area contributed by atoms with Gasteiger partial charge in [-0.05, 0) is 50.2 Å². The summed E-state index contributed by atoms with van der Waals surface area (Å²) in [4.78, 5) is 11.6. The van der Waals surface area contributed by atoms with Crippen molar-refractivity contribution in [3.63, 3.8) is 0 Å². The lowest BCUT2D eigenvalue weighted by Crippen LogP contribution is -2.54. The zero-order valence-electron chi connectivity index (χ0n) is 12.5. The third-order valence-electron chi connectivity index (χ3n) is 4.46. The molecule has 0 bridgehead atoms. The minimum absolute atomic E-state index is 0.0228. The van der Waals surface area contributed by atoms with Crippen LogP contribution >= 0.6 is 0 Å². The van der Waals surface area contributed by atoms with Gasteiger partial charge in [0.1, 0.15) is 5.54 Å². The SMILES string of the molecule is CC(COC1CCCc2ccccc21)(NC1CC1)C(=O)O. The average Bonchev–Trinajstić information content (AvgIpc) is 3.28. The topological polar surface area (TPSA) is 58.6 Å². The summed E-state index contributed by atoms with van der Waals surface area (Å²) in [5.74, 6) is -0.835. The number of ether oxygens (including phenoxy) is 1. The lowest BCUT2D eigenvalue weighted by Gasteiger charge is -2.31. The highest BCUT2D eigenvalue weighted by atomic mass is 16.5. The van der Waals surface area contributed by atoms with E-state index in [-0.39, 0.29) is 12.7 Å². The fraction of sp³-hybridized carbons (Fsp3) is 0.588. The minimum Gasteiger partial charge on any atom is -0.480 e. The van der Waals surface area contributed by atoms with Crippen molar-refractivity contribution in [3.05, 3.63) is 35.4 Å². The number of aryl methyl sites for hydroxylation is 1. The zero-order chi connectivity index (χ0) is 14.9. The Kier molecular flexibility index (Phi) is 4.00. The molecule has 0 amide bonds. The maximum absolute atomic E-state index is 11.6. The molecule has 3 rings (SSSR count). The van der Waals surface area contributed by atoms with Gasteiger partial charge in [-0.3, -0.25) is 10.1 Å². The van der Waals surface area contributed by atoms with E-state index >= 15 is 0 Å². The van der Waals surface area contributed by atoms with Gasteiger partial charge in [-0.25, -0.2) is 0 Å². The summed E-state index contributed by atoms with van der Waals surface area (Å²) in [6, 6.07) is 8.67. The number of aliphatic carboxylic acids is 1. The molecule has 0 radical (unpaired) electrons. The van der Waals surface area contributed by atoms with Crippen molar-refractivity contribution in [2.24, 2.45) is 0 Å². The number of fused-ring (bicyclic) bond motifs is 1. The third kappa shape index (κ3) is 3.27. The Labute approximate surface area is 125 Å². The Morgan fingerprint density at radius 1 is 1.38 bits per heavy atom. The van der Waals surface area contributed by atoms with Crippen LogP contribution in [0, 0.1) is 0 Å². The van der Waals surface area contributed by atoms with Crippen LogP contribution in [0.3, 0.4) is 0 Å². The van der Waals surface area contributed by atoms with E-state index in [1.165, 1.54) is 11.1 Å². The van der Waals surface area contributed by atoms with Crippen LogP contribution in [0.4, 0.5) is 0 Å². The van der Waals surface area contributed by atoms with Crippen molar-refractivity contribution < 1.29 is 14.6 Å². The zero-order valence-corrected chi connectivity index (χ0v) is 12.5. The lowest BCUT2D eigenvalue weighted by atomic mass is 9.89. The smallest absolute Gasteiger partial charge is 0.326 e. The second kappa shape index (κ2) is 5.78. The van der Waals surface area contributed by atoms with E-state index in [0.717, 1.165) is 32.1 Å². The summed E-state index contributed by atoms with van der Waals surface area (Å²) in [7, 11) is 0. The quantitative estimate of drug-likeness (QED) is 0.845. The van der Waals surface area contributed by atoms with Gasteiger partial charge >= 0.3 is 5.97 Å². The molecule has 0 aromatic heterocycles. The number of benzene rings is 1. The number of nitrogens with one attached hydrogen (secondary N) is 1. The van der Waals surface area contributed by atoms with Crippen molar-refractivity contribution in [1.82, 2.24) is 5.32 Å². The van der Waals surface area contributed by atoms with E-state index in [2.05, 4.69) is 23.5 Å². The molecule has 2 atom stereocenters. The van der Waals surface area contributed by atoms with Gasteiger partial charge in [0.2, 0.25) is 0 Å². The van der Waals surface area contributed by atoms with E-state index < -0.39 is 11.5 Å². The van der Waals surface area contributed by atoms with Crippen molar-refractivity contribution >= 4 is 5.97 Å². The number of carboxylic acids is 1. The highest BCUT2D eigenvalue weighted by Crippen LogP contribution is 2.33. The Balaban J connectivity index is 1.67. The molecule has 114 valence electrons. The Hall–Kier alpha value is -1.39. The molecule has 2 unspecified atom stereocenters. The van der Waals surface area contributed by atoms with Gasteiger partial charge in [0.25, 0.3) is 0 Å². The largest absolute Gasteiger partial charge is 0.480 e. The molecule has 4 heteroatoms. The molecule has 2 aliphatic rings. The Morgan fingerprint density at radius 3 is 2.86 bits per heavy atom. The first-order valence-corrected chi connectivity index (χ1v) is 7.79. The van der Waals surface area contributed by atoms with E-state index in [9.17, 15) is 9.90 Å². The molecule has 21 heavy (non-hydrogen) atoms. The molecule has 2 N–H and O–H groups in total. The van der Waals surface area contributed by atoms with Gasteiger partial charge in [0, 0.05) is 6.04 Å². The molecule has 1 fully saturated rings. The van der Waals surface area contributed by atoms with Gasteiger partial charge in [0.05, 0.1) is 12.7 Å². The Bertz CT molecular complexity index is 527. The van der Waals surface area contributed by atoms with Crippen LogP contribution in [0.15, 0.2) is 24.3 Å². The van der Waals surface area contributed by atoms with Crippen molar-refractivity contribution in [1.29, 1.82) is 0 Å². The summed E-state index contributed by atoms with van der Waals surface area (Å²) < 4.78 is 6.02. The van der Waals surface area contributed by atoms with Crippen LogP contribution in [0.1, 0.15) is 49.8 Å². The summed E-state index contributed by atoms with van der Waals surface area (Å²) in [5, 5.41) is 12.7. The predicted molar refractivity (Wildman–Crippen MR) is 80.3 cm³/mol. The molecule has 2 aliphatic carbocycles. The summed E-state index contributed by atoms with van der Waals surface area (Å²) >= 11 is 0. The molecule has 0 saturated heterocycles. The molecule has 4 nitrogen and oxygen atoms in total. The molecule has 1 aromatic carbocycles. The summed E-state index contributed by atoms with van der Waals surface area (Å²) in [6.45, 7) is 1.93. The maximum Gasteiger partial charge on any atom is 0.326 e. The van der Waals surface area contributed by atoms with E-state index in [1.54, 1.807) is 6.92 Å². The molecule has 0 aliphatic heterocycles. The highest BCUT2D eigenvalue weighted by molar-refractivity contribution is 5.78. The van der Waals surface area contributed by atoms with Crippen molar-refractivity contribution in [2.75, 3.05) is 6.61 Å². The highest BCUT2D eigenvalue weighted by Gasteiger charge is 2.39. The number of rotatable bonds is 6. The van der Waals surface area contributed by atoms with E-state index in [0.29, 0.717) is 6.04 Å². The van der Waals surface area contributed by atoms with Gasteiger partial charge < -0.3 is 9.84 Å². The van der Waals surface area contributed by atoms with Gasteiger partial charge in [0.15, 0.2) is 0 Å². The van der Waals surface area contributed by atoms with Gasteiger partial charge in [-0.2, -0.15) is 0 Å². The van der Waals surface area contributed by atoms with Crippen molar-refractivity contribution in [2.45, 2.75) is 56.7 Å². The maximum atomic E-state index is 11.6. The molecule has 0 spiro atoms. The van der Waals surface area contributed by atoms with Crippen LogP contribution in [0.2, 0.25) is 0 Å². The fourth-order valence-electron chi connectivity index (χ4n) is 2.99. The number of hydrogen-bond donors (Lipinski definition) is 2. The first-order chi connectivity index (χ1) is 10.1. The molecule has 0 heterocycles. The number of hydrogen-bond acceptors (Lipinski definition) is 3. The monoisotopic (exact) mass is 289 g/mol. The second-order valence-electron chi connectivity index (χ2n) is 6.45. The van der Waals surface area contributed by atoms with E-state index in [1.807, 2.05) is 6.07 Å². The predicted octanol–water partition coefficient (Wildman–Crippen LogP) is 2.68. The summed E-state index contributed by atoms with van der Waals surface area (Å²) in [5.41, 5.74) is 1.57. The normalized spacial score (nSPS) is 24.1. The average molecular weight is 289 g/mol. The van der Waals surface area contributed by atoms with Crippen LogP contribution < -0.4 is 5.32 Å². The minimum atomic E-state index is -0.993. The lowest BCUT2D eigenvalue weighted by molar-refractivity contribution is -0.148. The van der Waals surface area contributed by atoms with Gasteiger partial charge in [-0.15, -0.1) is 0 Å². The van der Waals surface area contributed by atoms with E-state index in [4.69, 9.17) is 4.74 Å². The van der Waals surface area contributed by atoms with Crippen LogP contribution in [0.25, 0.3) is 0 Å². The number of carbonyl (C=O) groups is 1. The molecule has 1 saturated carbocycles. The Morgan fingerprint density at radius 2 is 2.14 bits per heavy atom. The standard InChI is InChI=1S/C17H23NO3/c1-17(16(19)20,18-13-9-10-13)11-21-15-8-4-6-12-5-2-3-7-14(12)15/h2-3,5,7,13,15,18H,4,6,8-11H2,1H3,(H,19,20). The molecular weight excluding hydrogens is 266 g/mol. The van der Waals surface area contributed by atoms with Crippen LogP contribution in [0.5, 0.6) is 0 Å². The first-order valence-electron chi connectivity index (χ1n) is 7.79. The number of carboxylic acid groups (broad SMARTS) is 1. The van der Waals surface area contributed by atoms with Crippen LogP contribution in [-0.4, -0.2) is 29.3 Å².